The van der Waals surface area contributed by atoms with Gasteiger partial charge in [0.25, 0.3) is 0 Å². The van der Waals surface area contributed by atoms with Crippen molar-refractivity contribution in [3.63, 3.8) is 0 Å². The van der Waals surface area contributed by atoms with Gasteiger partial charge in [-0.1, -0.05) is 42.5 Å². The molecule has 1 aromatic heterocycles. The van der Waals surface area contributed by atoms with E-state index >= 15 is 0 Å². The highest BCUT2D eigenvalue weighted by atomic mass is 32.1. The smallest absolute Gasteiger partial charge is 0.234 e. The molecule has 1 aliphatic heterocycles. The Morgan fingerprint density at radius 2 is 1.94 bits per heavy atom. The van der Waals surface area contributed by atoms with Gasteiger partial charge in [0, 0.05) is 11.9 Å². The Hall–Kier alpha value is -3.43. The third kappa shape index (κ3) is 3.97. The summed E-state index contributed by atoms with van der Waals surface area (Å²) < 4.78 is 0. The van der Waals surface area contributed by atoms with Gasteiger partial charge in [-0.25, -0.2) is 4.99 Å². The molecule has 3 aromatic rings. The Balaban J connectivity index is 1.70. The van der Waals surface area contributed by atoms with E-state index < -0.39 is 5.54 Å². The lowest BCUT2D eigenvalue weighted by Crippen LogP contribution is -2.53. The maximum absolute atomic E-state index is 13.2. The molecule has 2 aromatic carbocycles. The topological polar surface area (TPSA) is 82.5 Å². The van der Waals surface area contributed by atoms with Gasteiger partial charge in [0.2, 0.25) is 5.91 Å². The second-order valence-corrected chi connectivity index (χ2v) is 8.90. The largest absolute Gasteiger partial charge is 0.369 e. The number of aliphatic imine (C=N–C) groups is 1. The number of nitrogens with zero attached hydrogens (tertiary/aromatic N) is 3. The molecule has 6 heteroatoms. The molecule has 2 N–H and O–H groups in total. The number of amides is 1. The van der Waals surface area contributed by atoms with Crippen LogP contribution in [0.15, 0.2) is 71.0 Å². The van der Waals surface area contributed by atoms with Gasteiger partial charge >= 0.3 is 0 Å². The van der Waals surface area contributed by atoms with Crippen LogP contribution in [0.3, 0.4) is 0 Å². The van der Waals surface area contributed by atoms with Crippen LogP contribution in [0, 0.1) is 17.2 Å². The molecule has 0 spiro atoms. The maximum atomic E-state index is 13.2. The highest BCUT2D eigenvalue weighted by Gasteiger charge is 2.46. The summed E-state index contributed by atoms with van der Waals surface area (Å²) in [7, 11) is 1.68. The summed E-state index contributed by atoms with van der Waals surface area (Å²) >= 11 is 1.58. The standard InChI is InChI=1S/C25H24N4OS/c1-25(22-14-20(16-31-22)19-10-6-9-18(13-19)15-26)21(23(30)29(2)24(27)28-25)12-11-17-7-4-3-5-8-17/h3-10,13-14,16,21H,11-12H2,1-2H3,(H2,27,28)/t21-,25+/m1/s1. The van der Waals surface area contributed by atoms with E-state index in [0.717, 1.165) is 22.4 Å². The highest BCUT2D eigenvalue weighted by Crippen LogP contribution is 2.44. The van der Waals surface area contributed by atoms with Crippen molar-refractivity contribution < 1.29 is 4.79 Å². The predicted octanol–water partition coefficient (Wildman–Crippen LogP) is 4.54. The Kier molecular flexibility index (Phi) is 5.62. The molecule has 0 saturated heterocycles. The SMILES string of the molecule is CN1C(=O)[C@@H](CCc2ccccc2)[C@@](C)(c2cc(-c3cccc(C#N)c3)cs2)N=C1N. The number of rotatable bonds is 5. The van der Waals surface area contributed by atoms with Crippen molar-refractivity contribution in [1.29, 1.82) is 5.26 Å². The summed E-state index contributed by atoms with van der Waals surface area (Å²) in [6, 6.07) is 22.0. The van der Waals surface area contributed by atoms with Crippen molar-refractivity contribution in [1.82, 2.24) is 4.90 Å². The fraction of sp³-hybridized carbons (Fsp3) is 0.240. The van der Waals surface area contributed by atoms with Crippen LogP contribution in [0.2, 0.25) is 0 Å². The lowest BCUT2D eigenvalue weighted by molar-refractivity contribution is -0.134. The summed E-state index contributed by atoms with van der Waals surface area (Å²) in [5.74, 6) is -0.0841. The van der Waals surface area contributed by atoms with Crippen molar-refractivity contribution in [2.45, 2.75) is 25.3 Å². The first-order chi connectivity index (χ1) is 14.9. The van der Waals surface area contributed by atoms with Gasteiger partial charge in [-0.2, -0.15) is 5.26 Å². The van der Waals surface area contributed by atoms with Crippen molar-refractivity contribution in [3.8, 4) is 17.2 Å². The van der Waals surface area contributed by atoms with Gasteiger partial charge in [0.05, 0.1) is 17.6 Å². The van der Waals surface area contributed by atoms with Crippen LogP contribution in [-0.2, 0) is 16.8 Å². The molecule has 2 heterocycles. The van der Waals surface area contributed by atoms with E-state index in [1.165, 1.54) is 10.5 Å². The first-order valence-electron chi connectivity index (χ1n) is 10.2. The van der Waals surface area contributed by atoms with Gasteiger partial charge in [0.1, 0.15) is 5.54 Å². The molecular weight excluding hydrogens is 404 g/mol. The number of nitrogens with two attached hydrogens (primary N) is 1. The van der Waals surface area contributed by atoms with E-state index in [0.29, 0.717) is 12.0 Å². The van der Waals surface area contributed by atoms with E-state index in [1.807, 2.05) is 43.3 Å². The average molecular weight is 429 g/mol. The summed E-state index contributed by atoms with van der Waals surface area (Å²) in [6.07, 6.45) is 1.47. The first-order valence-corrected chi connectivity index (χ1v) is 11.1. The molecular formula is C25H24N4OS. The first kappa shape index (κ1) is 20.8. The molecule has 1 amide bonds. The van der Waals surface area contributed by atoms with Crippen LogP contribution in [0.4, 0.5) is 0 Å². The molecule has 5 nitrogen and oxygen atoms in total. The molecule has 0 radical (unpaired) electrons. The highest BCUT2D eigenvalue weighted by molar-refractivity contribution is 7.10. The lowest BCUT2D eigenvalue weighted by Gasteiger charge is -2.40. The van der Waals surface area contributed by atoms with Crippen molar-refractivity contribution >= 4 is 23.2 Å². The van der Waals surface area contributed by atoms with Gasteiger partial charge in [-0.3, -0.25) is 9.69 Å². The Labute approximate surface area is 186 Å². The van der Waals surface area contributed by atoms with Gasteiger partial charge in [-0.15, -0.1) is 11.3 Å². The zero-order valence-corrected chi connectivity index (χ0v) is 18.4. The van der Waals surface area contributed by atoms with E-state index in [1.54, 1.807) is 24.5 Å². The third-order valence-corrected chi connectivity index (χ3v) is 7.14. The number of hydrogen-bond acceptors (Lipinski definition) is 5. The zero-order valence-electron chi connectivity index (χ0n) is 17.6. The number of thiophene rings is 1. The van der Waals surface area contributed by atoms with Crippen LogP contribution < -0.4 is 5.73 Å². The van der Waals surface area contributed by atoms with E-state index in [2.05, 4.69) is 29.6 Å². The fourth-order valence-electron chi connectivity index (χ4n) is 4.09. The minimum Gasteiger partial charge on any atom is -0.369 e. The van der Waals surface area contributed by atoms with Crippen LogP contribution in [-0.4, -0.2) is 23.8 Å². The molecule has 2 atom stereocenters. The Morgan fingerprint density at radius 1 is 1.16 bits per heavy atom. The average Bonchev–Trinajstić information content (AvgIpc) is 3.29. The molecule has 31 heavy (non-hydrogen) atoms. The molecule has 0 fully saturated rings. The summed E-state index contributed by atoms with van der Waals surface area (Å²) in [6.45, 7) is 2.00. The summed E-state index contributed by atoms with van der Waals surface area (Å²) in [5.41, 5.74) is 9.20. The molecule has 0 aliphatic carbocycles. The Bertz CT molecular complexity index is 1180. The number of carbonyl (C=O) groups excluding carboxylic acids is 1. The summed E-state index contributed by atoms with van der Waals surface area (Å²) in [4.78, 5) is 20.5. The van der Waals surface area contributed by atoms with Crippen molar-refractivity contribution in [2.24, 2.45) is 16.6 Å². The van der Waals surface area contributed by atoms with Crippen LogP contribution in [0.5, 0.6) is 0 Å². The van der Waals surface area contributed by atoms with Crippen molar-refractivity contribution in [2.75, 3.05) is 7.05 Å². The van der Waals surface area contributed by atoms with E-state index in [9.17, 15) is 10.1 Å². The third-order valence-electron chi connectivity index (χ3n) is 5.99. The number of aryl methyl sites for hydroxylation is 1. The Morgan fingerprint density at radius 3 is 2.68 bits per heavy atom. The number of carbonyl (C=O) groups is 1. The minimum atomic E-state index is -0.738. The minimum absolute atomic E-state index is 0.00708. The van der Waals surface area contributed by atoms with Crippen LogP contribution in [0.25, 0.3) is 11.1 Å². The summed E-state index contributed by atoms with van der Waals surface area (Å²) in [5, 5.41) is 11.3. The number of benzene rings is 2. The van der Waals surface area contributed by atoms with Crippen molar-refractivity contribution in [3.05, 3.63) is 82.0 Å². The lowest BCUT2D eigenvalue weighted by atomic mass is 9.78. The molecule has 0 unspecified atom stereocenters. The van der Waals surface area contributed by atoms with E-state index in [-0.39, 0.29) is 17.8 Å². The quantitative estimate of drug-likeness (QED) is 0.648. The van der Waals surface area contributed by atoms with Gasteiger partial charge < -0.3 is 5.73 Å². The predicted molar refractivity (Wildman–Crippen MR) is 124 cm³/mol. The molecule has 0 bridgehead atoms. The second-order valence-electron chi connectivity index (χ2n) is 7.98. The maximum Gasteiger partial charge on any atom is 0.234 e. The normalized spacial score (nSPS) is 20.9. The molecule has 1 aliphatic rings. The molecule has 0 saturated carbocycles. The van der Waals surface area contributed by atoms with Crippen LogP contribution in [0.1, 0.15) is 29.3 Å². The zero-order chi connectivity index (χ0) is 22.0. The molecule has 4 rings (SSSR count). The number of guanidine groups is 1. The fourth-order valence-corrected chi connectivity index (χ4v) is 5.17. The second kappa shape index (κ2) is 8.37. The molecule has 156 valence electrons. The van der Waals surface area contributed by atoms with E-state index in [4.69, 9.17) is 10.7 Å². The van der Waals surface area contributed by atoms with Gasteiger partial charge in [0.15, 0.2) is 5.96 Å². The van der Waals surface area contributed by atoms with Gasteiger partial charge in [-0.05, 0) is 60.0 Å². The van der Waals surface area contributed by atoms with Crippen LogP contribution >= 0.6 is 11.3 Å². The monoisotopic (exact) mass is 428 g/mol. The number of hydrogen-bond donors (Lipinski definition) is 1. The number of nitriles is 1.